The van der Waals surface area contributed by atoms with E-state index in [4.69, 9.17) is 16.3 Å². The number of amides is 1. The average Bonchev–Trinajstić information content (AvgIpc) is 2.57. The third-order valence-corrected chi connectivity index (χ3v) is 4.35. The summed E-state index contributed by atoms with van der Waals surface area (Å²) in [6.07, 6.45) is 0.147. The van der Waals surface area contributed by atoms with Crippen LogP contribution in [0.25, 0.3) is 0 Å². The Morgan fingerprint density at radius 2 is 2.00 bits per heavy atom. The lowest BCUT2D eigenvalue weighted by molar-refractivity contribution is -0.142. The summed E-state index contributed by atoms with van der Waals surface area (Å²) in [4.78, 5) is 24.2. The fraction of sp³-hybridized carbons (Fsp3) is 0.176. The number of hydrogen-bond acceptors (Lipinski definition) is 3. The SMILES string of the molecule is COC(=O)[C@H](Cc1cc(Cl)ccc1Br)NC(=O)c1ccccc1F. The van der Waals surface area contributed by atoms with Crippen molar-refractivity contribution in [3.8, 4) is 0 Å². The summed E-state index contributed by atoms with van der Waals surface area (Å²) in [7, 11) is 1.22. The lowest BCUT2D eigenvalue weighted by atomic mass is 10.1. The normalized spacial score (nSPS) is 11.7. The maximum Gasteiger partial charge on any atom is 0.328 e. The predicted octanol–water partition coefficient (Wildman–Crippen LogP) is 3.76. The van der Waals surface area contributed by atoms with Crippen LogP contribution in [-0.2, 0) is 16.0 Å². The molecule has 1 N–H and O–H groups in total. The molecule has 0 aliphatic carbocycles. The van der Waals surface area contributed by atoms with E-state index < -0.39 is 23.7 Å². The highest BCUT2D eigenvalue weighted by molar-refractivity contribution is 9.10. The summed E-state index contributed by atoms with van der Waals surface area (Å²) in [6.45, 7) is 0. The number of hydrogen-bond donors (Lipinski definition) is 1. The molecule has 0 aliphatic heterocycles. The number of halogens is 3. The topological polar surface area (TPSA) is 55.4 Å². The molecule has 24 heavy (non-hydrogen) atoms. The van der Waals surface area contributed by atoms with Crippen molar-refractivity contribution in [2.45, 2.75) is 12.5 Å². The second-order valence-electron chi connectivity index (χ2n) is 4.97. The van der Waals surface area contributed by atoms with Crippen LogP contribution >= 0.6 is 27.5 Å². The molecular weight excluding hydrogens is 401 g/mol. The smallest absolute Gasteiger partial charge is 0.328 e. The number of esters is 1. The first-order valence-corrected chi connectivity index (χ1v) is 8.16. The molecule has 0 saturated carbocycles. The summed E-state index contributed by atoms with van der Waals surface area (Å²) in [5.41, 5.74) is 0.572. The van der Waals surface area contributed by atoms with Gasteiger partial charge in [0.1, 0.15) is 11.9 Å². The molecule has 0 aliphatic rings. The van der Waals surface area contributed by atoms with Gasteiger partial charge in [0.2, 0.25) is 0 Å². The van der Waals surface area contributed by atoms with Gasteiger partial charge in [-0.2, -0.15) is 0 Å². The second-order valence-corrected chi connectivity index (χ2v) is 6.26. The van der Waals surface area contributed by atoms with E-state index in [0.717, 1.165) is 4.47 Å². The van der Waals surface area contributed by atoms with E-state index in [-0.39, 0.29) is 12.0 Å². The van der Waals surface area contributed by atoms with Crippen LogP contribution in [-0.4, -0.2) is 25.0 Å². The lowest BCUT2D eigenvalue weighted by Gasteiger charge is -2.17. The van der Waals surface area contributed by atoms with E-state index >= 15 is 0 Å². The number of carbonyl (C=O) groups excluding carboxylic acids is 2. The van der Waals surface area contributed by atoms with Crippen molar-refractivity contribution >= 4 is 39.4 Å². The zero-order chi connectivity index (χ0) is 17.7. The lowest BCUT2D eigenvalue weighted by Crippen LogP contribution is -2.43. The molecular formula is C17H14BrClFNO3. The molecule has 4 nitrogen and oxygen atoms in total. The minimum atomic E-state index is -0.975. The Kier molecular flexibility index (Phi) is 6.34. The number of carbonyl (C=O) groups is 2. The first-order chi connectivity index (χ1) is 11.4. The van der Waals surface area contributed by atoms with Crippen molar-refractivity contribution in [2.24, 2.45) is 0 Å². The zero-order valence-corrected chi connectivity index (χ0v) is 15.0. The molecule has 0 aromatic heterocycles. The minimum Gasteiger partial charge on any atom is -0.467 e. The van der Waals surface area contributed by atoms with E-state index in [1.807, 2.05) is 0 Å². The van der Waals surface area contributed by atoms with Gasteiger partial charge in [0.25, 0.3) is 5.91 Å². The first kappa shape index (κ1) is 18.4. The summed E-state index contributed by atoms with van der Waals surface area (Å²) in [6, 6.07) is 9.68. The van der Waals surface area contributed by atoms with Crippen LogP contribution in [0.15, 0.2) is 46.9 Å². The summed E-state index contributed by atoms with van der Waals surface area (Å²) >= 11 is 9.33. The summed E-state index contributed by atoms with van der Waals surface area (Å²) in [5, 5.41) is 3.00. The van der Waals surface area contributed by atoms with Gasteiger partial charge in [-0.05, 0) is 35.9 Å². The molecule has 0 spiro atoms. The third kappa shape index (κ3) is 4.55. The van der Waals surface area contributed by atoms with Gasteiger partial charge >= 0.3 is 5.97 Å². The van der Waals surface area contributed by atoms with Gasteiger partial charge in [0, 0.05) is 15.9 Å². The van der Waals surface area contributed by atoms with Crippen LogP contribution in [0, 0.1) is 5.82 Å². The zero-order valence-electron chi connectivity index (χ0n) is 12.7. The average molecular weight is 415 g/mol. The maximum atomic E-state index is 13.7. The van der Waals surface area contributed by atoms with Crippen molar-refractivity contribution in [3.05, 3.63) is 68.9 Å². The third-order valence-electron chi connectivity index (χ3n) is 3.34. The number of rotatable bonds is 5. The van der Waals surface area contributed by atoms with Crippen LogP contribution in [0.4, 0.5) is 4.39 Å². The first-order valence-electron chi connectivity index (χ1n) is 6.99. The predicted molar refractivity (Wildman–Crippen MR) is 92.5 cm³/mol. The fourth-order valence-corrected chi connectivity index (χ4v) is 2.74. The van der Waals surface area contributed by atoms with Gasteiger partial charge in [-0.15, -0.1) is 0 Å². The number of nitrogens with one attached hydrogen (secondary N) is 1. The molecule has 1 atom stereocenters. The number of benzene rings is 2. The van der Waals surface area contributed by atoms with E-state index in [1.165, 1.54) is 25.3 Å². The van der Waals surface area contributed by atoms with E-state index in [9.17, 15) is 14.0 Å². The Morgan fingerprint density at radius 1 is 1.29 bits per heavy atom. The maximum absolute atomic E-state index is 13.7. The molecule has 7 heteroatoms. The van der Waals surface area contributed by atoms with Gasteiger partial charge in [0.15, 0.2) is 0 Å². The van der Waals surface area contributed by atoms with Crippen LogP contribution in [0.1, 0.15) is 15.9 Å². The van der Waals surface area contributed by atoms with E-state index in [1.54, 1.807) is 24.3 Å². The molecule has 0 fully saturated rings. The van der Waals surface area contributed by atoms with Crippen LogP contribution in [0.2, 0.25) is 5.02 Å². The molecule has 0 unspecified atom stereocenters. The Labute approximate surface area is 152 Å². The van der Waals surface area contributed by atoms with Crippen LogP contribution in [0.3, 0.4) is 0 Å². The van der Waals surface area contributed by atoms with Crippen molar-refractivity contribution in [3.63, 3.8) is 0 Å². The summed E-state index contributed by atoms with van der Waals surface area (Å²) < 4.78 is 19.2. The quantitative estimate of drug-likeness (QED) is 0.758. The molecule has 0 radical (unpaired) electrons. The minimum absolute atomic E-state index is 0.142. The molecule has 2 rings (SSSR count). The highest BCUT2D eigenvalue weighted by Gasteiger charge is 2.24. The Hall–Kier alpha value is -1.92. The van der Waals surface area contributed by atoms with Gasteiger partial charge in [0.05, 0.1) is 12.7 Å². The van der Waals surface area contributed by atoms with Crippen molar-refractivity contribution in [2.75, 3.05) is 7.11 Å². The molecule has 1 amide bonds. The second kappa shape index (κ2) is 8.26. The van der Waals surface area contributed by atoms with Gasteiger partial charge in [-0.25, -0.2) is 9.18 Å². The van der Waals surface area contributed by atoms with Gasteiger partial charge in [-0.3, -0.25) is 4.79 Å². The molecule has 2 aromatic carbocycles. The monoisotopic (exact) mass is 413 g/mol. The molecule has 0 heterocycles. The van der Waals surface area contributed by atoms with E-state index in [0.29, 0.717) is 10.6 Å². The number of ether oxygens (including phenoxy) is 1. The Morgan fingerprint density at radius 3 is 2.67 bits per heavy atom. The van der Waals surface area contributed by atoms with Gasteiger partial charge < -0.3 is 10.1 Å². The molecule has 2 aromatic rings. The van der Waals surface area contributed by atoms with Crippen molar-refractivity contribution in [1.82, 2.24) is 5.32 Å². The van der Waals surface area contributed by atoms with Gasteiger partial charge in [-0.1, -0.05) is 39.7 Å². The number of methoxy groups -OCH3 is 1. The Balaban J connectivity index is 2.23. The van der Waals surface area contributed by atoms with Crippen LogP contribution in [0.5, 0.6) is 0 Å². The molecule has 0 saturated heterocycles. The van der Waals surface area contributed by atoms with Crippen molar-refractivity contribution in [1.29, 1.82) is 0 Å². The molecule has 0 bridgehead atoms. The highest BCUT2D eigenvalue weighted by Crippen LogP contribution is 2.23. The summed E-state index contributed by atoms with van der Waals surface area (Å²) in [5.74, 6) is -1.99. The van der Waals surface area contributed by atoms with Crippen molar-refractivity contribution < 1.29 is 18.7 Å². The van der Waals surface area contributed by atoms with E-state index in [2.05, 4.69) is 21.2 Å². The largest absolute Gasteiger partial charge is 0.467 e. The van der Waals surface area contributed by atoms with Crippen LogP contribution < -0.4 is 5.32 Å². The highest BCUT2D eigenvalue weighted by atomic mass is 79.9. The Bertz CT molecular complexity index is 769. The molecule has 126 valence electrons. The fourth-order valence-electron chi connectivity index (χ4n) is 2.14. The standard InChI is InChI=1S/C17H14BrClFNO3/c1-24-17(23)15(9-10-8-11(19)6-7-13(10)18)21-16(22)12-4-2-3-5-14(12)20/h2-8,15H,9H2,1H3,(H,21,22)/t15-/m0/s1.